The largest absolute Gasteiger partial charge is 0.325 e. The summed E-state index contributed by atoms with van der Waals surface area (Å²) in [4.78, 5) is 12.6. The molecule has 0 saturated heterocycles. The van der Waals surface area contributed by atoms with Gasteiger partial charge < -0.3 is 9.88 Å². The van der Waals surface area contributed by atoms with Gasteiger partial charge >= 0.3 is 0 Å². The summed E-state index contributed by atoms with van der Waals surface area (Å²) >= 11 is 7.63. The van der Waals surface area contributed by atoms with Gasteiger partial charge in [0.1, 0.15) is 0 Å². The topological polar surface area (TPSA) is 59.8 Å². The Bertz CT molecular complexity index is 969. The monoisotopic (exact) mass is 414 g/mol. The quantitative estimate of drug-likeness (QED) is 0.550. The minimum Gasteiger partial charge on any atom is -0.325 e. The summed E-state index contributed by atoms with van der Waals surface area (Å²) in [6.07, 6.45) is 0. The average molecular weight is 415 g/mol. The highest BCUT2D eigenvalue weighted by Gasteiger charge is 2.20. The predicted octanol–water partition coefficient (Wildman–Crippen LogP) is 5.38. The van der Waals surface area contributed by atoms with E-state index in [0.717, 1.165) is 11.3 Å². The van der Waals surface area contributed by atoms with Gasteiger partial charge in [0.05, 0.1) is 10.3 Å². The molecule has 1 atom stereocenters. The van der Waals surface area contributed by atoms with Crippen LogP contribution in [0.3, 0.4) is 0 Å². The summed E-state index contributed by atoms with van der Waals surface area (Å²) in [5.41, 5.74) is 2.84. The number of benzene rings is 2. The van der Waals surface area contributed by atoms with Crippen LogP contribution in [-0.4, -0.2) is 25.9 Å². The maximum Gasteiger partial charge on any atom is 0.237 e. The first-order chi connectivity index (χ1) is 13.4. The maximum absolute atomic E-state index is 12.6. The van der Waals surface area contributed by atoms with Crippen LogP contribution in [0.15, 0.2) is 53.7 Å². The van der Waals surface area contributed by atoms with E-state index < -0.39 is 0 Å². The van der Waals surface area contributed by atoms with Crippen LogP contribution in [0.2, 0.25) is 5.02 Å². The van der Waals surface area contributed by atoms with Crippen LogP contribution in [0, 0.1) is 0 Å². The zero-order valence-corrected chi connectivity index (χ0v) is 17.9. The van der Waals surface area contributed by atoms with E-state index >= 15 is 0 Å². The maximum atomic E-state index is 12.6. The van der Waals surface area contributed by atoms with Gasteiger partial charge in [-0.25, -0.2) is 0 Å². The van der Waals surface area contributed by atoms with Crippen LogP contribution < -0.4 is 5.32 Å². The van der Waals surface area contributed by atoms with Crippen molar-refractivity contribution in [1.82, 2.24) is 14.8 Å². The number of hydrogen-bond acceptors (Lipinski definition) is 4. The van der Waals surface area contributed by atoms with E-state index in [4.69, 9.17) is 11.6 Å². The van der Waals surface area contributed by atoms with Crippen molar-refractivity contribution < 1.29 is 4.79 Å². The van der Waals surface area contributed by atoms with Gasteiger partial charge in [0, 0.05) is 18.3 Å². The Morgan fingerprint density at radius 2 is 1.75 bits per heavy atom. The third-order valence-corrected chi connectivity index (χ3v) is 5.91. The van der Waals surface area contributed by atoms with Crippen molar-refractivity contribution in [2.45, 2.75) is 37.1 Å². The normalized spacial score (nSPS) is 12.2. The summed E-state index contributed by atoms with van der Waals surface area (Å²) in [5.74, 6) is 1.05. The highest BCUT2D eigenvalue weighted by Crippen LogP contribution is 2.30. The van der Waals surface area contributed by atoms with E-state index in [0.29, 0.717) is 21.9 Å². The van der Waals surface area contributed by atoms with E-state index in [1.54, 1.807) is 0 Å². The fraction of sp³-hybridized carbons (Fsp3) is 0.286. The second kappa shape index (κ2) is 8.80. The molecule has 0 radical (unpaired) electrons. The van der Waals surface area contributed by atoms with Crippen molar-refractivity contribution >= 4 is 35.0 Å². The molecule has 3 rings (SSSR count). The Morgan fingerprint density at radius 1 is 1.07 bits per heavy atom. The summed E-state index contributed by atoms with van der Waals surface area (Å²) in [6, 6.07) is 15.4. The molecule has 7 heteroatoms. The minimum absolute atomic E-state index is 0.0791. The molecule has 2 aromatic carbocycles. The molecule has 0 fully saturated rings. The first kappa shape index (κ1) is 20.4. The number of carbonyl (C=O) groups excluding carboxylic acids is 1. The molecule has 146 valence electrons. The summed E-state index contributed by atoms with van der Waals surface area (Å²) in [6.45, 7) is 6.14. The molecule has 0 aliphatic heterocycles. The van der Waals surface area contributed by atoms with Gasteiger partial charge in [-0.3, -0.25) is 4.79 Å². The number of nitrogens with one attached hydrogen (secondary N) is 1. The molecular weight excluding hydrogens is 392 g/mol. The second-order valence-electron chi connectivity index (χ2n) is 6.87. The molecule has 0 saturated carbocycles. The fourth-order valence-corrected chi connectivity index (χ4v) is 3.74. The van der Waals surface area contributed by atoms with Crippen molar-refractivity contribution in [3.63, 3.8) is 0 Å². The lowest BCUT2D eigenvalue weighted by molar-refractivity contribution is -0.115. The molecule has 28 heavy (non-hydrogen) atoms. The lowest BCUT2D eigenvalue weighted by Crippen LogP contribution is -2.22. The van der Waals surface area contributed by atoms with E-state index in [1.807, 2.05) is 67.1 Å². The highest BCUT2D eigenvalue weighted by molar-refractivity contribution is 8.00. The lowest BCUT2D eigenvalue weighted by Gasteiger charge is -2.13. The number of amides is 1. The van der Waals surface area contributed by atoms with E-state index in [2.05, 4.69) is 29.4 Å². The predicted molar refractivity (Wildman–Crippen MR) is 116 cm³/mol. The molecule has 1 aromatic heterocycles. The molecule has 1 N–H and O–H groups in total. The highest BCUT2D eigenvalue weighted by atomic mass is 35.5. The Balaban J connectivity index is 1.68. The SMILES string of the molecule is CC(C)c1ccc(NC(=O)[C@H](C)Sc2nnc(-c3ccccc3Cl)n2C)cc1. The van der Waals surface area contributed by atoms with Gasteiger partial charge in [-0.1, -0.05) is 61.5 Å². The van der Waals surface area contributed by atoms with E-state index in [-0.39, 0.29) is 11.2 Å². The van der Waals surface area contributed by atoms with Gasteiger partial charge in [-0.05, 0) is 42.7 Å². The van der Waals surface area contributed by atoms with Gasteiger partial charge in [-0.15, -0.1) is 10.2 Å². The second-order valence-corrected chi connectivity index (χ2v) is 8.59. The molecule has 1 amide bonds. The molecule has 3 aromatic rings. The molecule has 0 aliphatic carbocycles. The standard InChI is InChI=1S/C21H23ClN4OS/c1-13(2)15-9-11-16(12-10-15)23-20(27)14(3)28-21-25-24-19(26(21)4)17-7-5-6-8-18(17)22/h5-14H,1-4H3,(H,23,27)/t14-/m0/s1. The molecule has 0 bridgehead atoms. The Kier molecular flexibility index (Phi) is 6.42. The Morgan fingerprint density at radius 3 is 2.39 bits per heavy atom. The number of hydrogen-bond donors (Lipinski definition) is 1. The van der Waals surface area contributed by atoms with Crippen molar-refractivity contribution in [2.75, 3.05) is 5.32 Å². The Hall–Kier alpha value is -2.31. The van der Waals surface area contributed by atoms with Crippen LogP contribution in [-0.2, 0) is 11.8 Å². The zero-order valence-electron chi connectivity index (χ0n) is 16.3. The van der Waals surface area contributed by atoms with Crippen molar-refractivity contribution in [3.05, 3.63) is 59.1 Å². The molecule has 0 unspecified atom stereocenters. The van der Waals surface area contributed by atoms with Gasteiger partial charge in [-0.2, -0.15) is 0 Å². The zero-order chi connectivity index (χ0) is 20.3. The third-order valence-electron chi connectivity index (χ3n) is 4.45. The number of halogens is 1. The first-order valence-corrected chi connectivity index (χ1v) is 10.3. The number of aromatic nitrogens is 3. The van der Waals surface area contributed by atoms with Crippen molar-refractivity contribution in [2.24, 2.45) is 7.05 Å². The van der Waals surface area contributed by atoms with E-state index in [9.17, 15) is 4.79 Å². The number of nitrogens with zero attached hydrogens (tertiary/aromatic N) is 3. The minimum atomic E-state index is -0.327. The van der Waals surface area contributed by atoms with Gasteiger partial charge in [0.2, 0.25) is 5.91 Å². The Labute approximate surface area is 174 Å². The molecule has 0 spiro atoms. The summed E-state index contributed by atoms with van der Waals surface area (Å²) in [5, 5.41) is 12.4. The molecule has 0 aliphatic rings. The third kappa shape index (κ3) is 4.56. The summed E-state index contributed by atoms with van der Waals surface area (Å²) in [7, 11) is 1.87. The fourth-order valence-electron chi connectivity index (χ4n) is 2.70. The van der Waals surface area contributed by atoms with E-state index in [1.165, 1.54) is 17.3 Å². The van der Waals surface area contributed by atoms with Crippen molar-refractivity contribution in [1.29, 1.82) is 0 Å². The molecular formula is C21H23ClN4OS. The smallest absolute Gasteiger partial charge is 0.237 e. The first-order valence-electron chi connectivity index (χ1n) is 9.08. The van der Waals surface area contributed by atoms with Crippen LogP contribution in [0.25, 0.3) is 11.4 Å². The lowest BCUT2D eigenvalue weighted by atomic mass is 10.0. The van der Waals surface area contributed by atoms with Gasteiger partial charge in [0.15, 0.2) is 11.0 Å². The summed E-state index contributed by atoms with van der Waals surface area (Å²) < 4.78 is 1.85. The van der Waals surface area contributed by atoms with Crippen LogP contribution in [0.4, 0.5) is 5.69 Å². The molecule has 1 heterocycles. The van der Waals surface area contributed by atoms with Gasteiger partial charge in [0.25, 0.3) is 0 Å². The van der Waals surface area contributed by atoms with Crippen LogP contribution in [0.1, 0.15) is 32.3 Å². The number of carbonyl (C=O) groups is 1. The van der Waals surface area contributed by atoms with Crippen LogP contribution in [0.5, 0.6) is 0 Å². The molecule has 5 nitrogen and oxygen atoms in total. The number of anilines is 1. The van der Waals surface area contributed by atoms with Crippen molar-refractivity contribution in [3.8, 4) is 11.4 Å². The van der Waals surface area contributed by atoms with Crippen LogP contribution >= 0.6 is 23.4 Å². The average Bonchev–Trinajstić information content (AvgIpc) is 3.03. The number of rotatable bonds is 6. The number of thioether (sulfide) groups is 1.